The summed E-state index contributed by atoms with van der Waals surface area (Å²) in [5, 5.41) is 11.7. The van der Waals surface area contributed by atoms with Gasteiger partial charge < -0.3 is 10.6 Å². The van der Waals surface area contributed by atoms with Crippen molar-refractivity contribution in [2.75, 3.05) is 10.6 Å². The highest BCUT2D eigenvalue weighted by Gasteiger charge is 2.13. The van der Waals surface area contributed by atoms with Crippen LogP contribution in [-0.4, -0.2) is 27.4 Å². The van der Waals surface area contributed by atoms with E-state index < -0.39 is 5.38 Å². The highest BCUT2D eigenvalue weighted by atomic mass is 35.5. The molecule has 3 N–H and O–H groups in total. The number of anilines is 2. The summed E-state index contributed by atoms with van der Waals surface area (Å²) in [5.41, 5.74) is 3.27. The van der Waals surface area contributed by atoms with Gasteiger partial charge in [0, 0.05) is 11.3 Å². The summed E-state index contributed by atoms with van der Waals surface area (Å²) in [5.74, 6) is -0.528. The van der Waals surface area contributed by atoms with E-state index in [-0.39, 0.29) is 11.8 Å². The molecule has 1 atom stereocenters. The average Bonchev–Trinajstić information content (AvgIpc) is 2.79. The predicted molar refractivity (Wildman–Crippen MR) is 86.4 cm³/mol. The van der Waals surface area contributed by atoms with Gasteiger partial charge in [-0.25, -0.2) is 0 Å². The van der Waals surface area contributed by atoms with Gasteiger partial charge in [-0.05, 0) is 45.0 Å². The van der Waals surface area contributed by atoms with Gasteiger partial charge in [0.2, 0.25) is 5.91 Å². The molecule has 1 aromatic carbocycles. The average molecular weight is 321 g/mol. The van der Waals surface area contributed by atoms with Crippen LogP contribution >= 0.6 is 11.6 Å². The molecule has 7 heteroatoms. The second kappa shape index (κ2) is 6.62. The van der Waals surface area contributed by atoms with Crippen molar-refractivity contribution < 1.29 is 9.59 Å². The topological polar surface area (TPSA) is 86.9 Å². The van der Waals surface area contributed by atoms with Gasteiger partial charge in [0.05, 0.1) is 17.1 Å². The van der Waals surface area contributed by atoms with E-state index in [0.29, 0.717) is 16.9 Å². The first-order valence-corrected chi connectivity index (χ1v) is 7.20. The number of hydrogen-bond acceptors (Lipinski definition) is 3. The van der Waals surface area contributed by atoms with Crippen molar-refractivity contribution in [1.29, 1.82) is 0 Å². The molecule has 0 bridgehead atoms. The molecule has 0 saturated carbocycles. The third-order valence-corrected chi connectivity index (χ3v) is 3.34. The summed E-state index contributed by atoms with van der Waals surface area (Å²) in [6, 6.07) is 6.57. The number of aromatic nitrogens is 2. The number of H-pyrrole nitrogens is 1. The Bertz CT molecular complexity index is 673. The van der Waals surface area contributed by atoms with Crippen LogP contribution in [0.5, 0.6) is 0 Å². The number of alkyl halides is 1. The fourth-order valence-electron chi connectivity index (χ4n) is 1.87. The van der Waals surface area contributed by atoms with Crippen molar-refractivity contribution in [3.05, 3.63) is 41.2 Å². The number of amides is 2. The lowest BCUT2D eigenvalue weighted by Crippen LogP contribution is -2.20. The molecule has 0 aliphatic carbocycles. The molecule has 0 aliphatic heterocycles. The zero-order valence-electron chi connectivity index (χ0n) is 12.5. The SMILES string of the molecule is Cc1n[nH]c(C)c1NC(=O)c1ccc(NC(=O)[C@@H](C)Cl)cc1. The molecule has 0 spiro atoms. The van der Waals surface area contributed by atoms with E-state index in [1.807, 2.05) is 13.8 Å². The minimum absolute atomic E-state index is 0.240. The number of benzene rings is 1. The first-order chi connectivity index (χ1) is 10.4. The van der Waals surface area contributed by atoms with Crippen molar-refractivity contribution >= 4 is 34.8 Å². The van der Waals surface area contributed by atoms with E-state index in [1.165, 1.54) is 0 Å². The van der Waals surface area contributed by atoms with Crippen LogP contribution in [0.15, 0.2) is 24.3 Å². The third kappa shape index (κ3) is 3.65. The molecule has 2 rings (SSSR count). The number of nitrogens with zero attached hydrogens (tertiary/aromatic N) is 1. The number of aromatic amines is 1. The maximum Gasteiger partial charge on any atom is 0.255 e. The first kappa shape index (κ1) is 16.0. The van der Waals surface area contributed by atoms with Crippen molar-refractivity contribution in [3.63, 3.8) is 0 Å². The van der Waals surface area contributed by atoms with Crippen LogP contribution in [0.1, 0.15) is 28.7 Å². The van der Waals surface area contributed by atoms with Crippen LogP contribution in [0.4, 0.5) is 11.4 Å². The van der Waals surface area contributed by atoms with Gasteiger partial charge in [0.25, 0.3) is 5.91 Å². The minimum atomic E-state index is -0.616. The summed E-state index contributed by atoms with van der Waals surface area (Å²) in [4.78, 5) is 23.7. The molecule has 0 unspecified atom stereocenters. The van der Waals surface area contributed by atoms with Crippen molar-refractivity contribution in [2.45, 2.75) is 26.1 Å². The van der Waals surface area contributed by atoms with Gasteiger partial charge in [0.15, 0.2) is 0 Å². The van der Waals surface area contributed by atoms with Crippen molar-refractivity contribution in [2.24, 2.45) is 0 Å². The number of hydrogen-bond donors (Lipinski definition) is 3. The highest BCUT2D eigenvalue weighted by Crippen LogP contribution is 2.18. The van der Waals surface area contributed by atoms with Gasteiger partial charge in [-0.3, -0.25) is 14.7 Å². The Kier molecular flexibility index (Phi) is 4.82. The summed E-state index contributed by atoms with van der Waals surface area (Å²) < 4.78 is 0. The number of carbonyl (C=O) groups excluding carboxylic acids is 2. The molecule has 116 valence electrons. The molecule has 1 heterocycles. The number of rotatable bonds is 4. The first-order valence-electron chi connectivity index (χ1n) is 6.76. The summed E-state index contributed by atoms with van der Waals surface area (Å²) in [7, 11) is 0. The molecule has 2 aromatic rings. The third-order valence-electron chi connectivity index (χ3n) is 3.14. The van der Waals surface area contributed by atoms with E-state index in [2.05, 4.69) is 20.8 Å². The molecular weight excluding hydrogens is 304 g/mol. The molecular formula is C15H17ClN4O2. The second-order valence-corrected chi connectivity index (χ2v) is 5.60. The fourth-order valence-corrected chi connectivity index (χ4v) is 1.92. The van der Waals surface area contributed by atoms with Crippen LogP contribution in [-0.2, 0) is 4.79 Å². The van der Waals surface area contributed by atoms with Gasteiger partial charge in [-0.15, -0.1) is 11.6 Å². The van der Waals surface area contributed by atoms with Crippen LogP contribution in [0, 0.1) is 13.8 Å². The number of carbonyl (C=O) groups is 2. The normalized spacial score (nSPS) is 11.8. The lowest BCUT2D eigenvalue weighted by atomic mass is 10.2. The zero-order chi connectivity index (χ0) is 16.3. The molecule has 0 saturated heterocycles. The molecule has 0 fully saturated rings. The van der Waals surface area contributed by atoms with E-state index >= 15 is 0 Å². The summed E-state index contributed by atoms with van der Waals surface area (Å²) >= 11 is 5.68. The van der Waals surface area contributed by atoms with Gasteiger partial charge >= 0.3 is 0 Å². The predicted octanol–water partition coefficient (Wildman–Crippen LogP) is 2.84. The Hall–Kier alpha value is -2.34. The zero-order valence-corrected chi connectivity index (χ0v) is 13.3. The molecule has 22 heavy (non-hydrogen) atoms. The van der Waals surface area contributed by atoms with Crippen LogP contribution in [0.3, 0.4) is 0 Å². The maximum absolute atomic E-state index is 12.2. The Balaban J connectivity index is 2.07. The lowest BCUT2D eigenvalue weighted by Gasteiger charge is -2.08. The minimum Gasteiger partial charge on any atom is -0.325 e. The Morgan fingerprint density at radius 1 is 1.18 bits per heavy atom. The Morgan fingerprint density at radius 2 is 1.82 bits per heavy atom. The van der Waals surface area contributed by atoms with Crippen molar-refractivity contribution in [1.82, 2.24) is 10.2 Å². The largest absolute Gasteiger partial charge is 0.325 e. The number of halogens is 1. The van der Waals surface area contributed by atoms with Crippen LogP contribution in [0.25, 0.3) is 0 Å². The standard InChI is InChI=1S/C15H17ClN4O2/c1-8(16)14(21)17-12-6-4-11(5-7-12)15(22)18-13-9(2)19-20-10(13)3/h4-8H,1-3H3,(H,17,21)(H,18,22)(H,19,20)/t8-/m1/s1. The van der Waals surface area contributed by atoms with Crippen LogP contribution in [0.2, 0.25) is 0 Å². The number of nitrogens with one attached hydrogen (secondary N) is 3. The van der Waals surface area contributed by atoms with Gasteiger partial charge in [-0.1, -0.05) is 0 Å². The van der Waals surface area contributed by atoms with Gasteiger partial charge in [-0.2, -0.15) is 5.10 Å². The van der Waals surface area contributed by atoms with Crippen LogP contribution < -0.4 is 10.6 Å². The summed E-state index contributed by atoms with van der Waals surface area (Å²) in [6.45, 7) is 5.24. The number of aryl methyl sites for hydroxylation is 2. The van der Waals surface area contributed by atoms with Gasteiger partial charge in [0.1, 0.15) is 5.38 Å². The molecule has 2 amide bonds. The Morgan fingerprint density at radius 3 is 2.32 bits per heavy atom. The lowest BCUT2D eigenvalue weighted by molar-refractivity contribution is -0.115. The molecule has 1 aromatic heterocycles. The van der Waals surface area contributed by atoms with Crippen molar-refractivity contribution in [3.8, 4) is 0 Å². The molecule has 6 nitrogen and oxygen atoms in total. The fraction of sp³-hybridized carbons (Fsp3) is 0.267. The Labute approximate surface area is 133 Å². The van der Waals surface area contributed by atoms with E-state index in [0.717, 1.165) is 11.4 Å². The smallest absolute Gasteiger partial charge is 0.255 e. The molecule has 0 aliphatic rings. The van der Waals surface area contributed by atoms with E-state index in [9.17, 15) is 9.59 Å². The monoisotopic (exact) mass is 320 g/mol. The van der Waals surface area contributed by atoms with E-state index in [4.69, 9.17) is 11.6 Å². The summed E-state index contributed by atoms with van der Waals surface area (Å²) in [6.07, 6.45) is 0. The molecule has 0 radical (unpaired) electrons. The second-order valence-electron chi connectivity index (χ2n) is 4.95. The van der Waals surface area contributed by atoms with E-state index in [1.54, 1.807) is 31.2 Å². The quantitative estimate of drug-likeness (QED) is 0.757. The maximum atomic E-state index is 12.2. The highest BCUT2D eigenvalue weighted by molar-refractivity contribution is 6.32.